The molecule has 1 atom stereocenters. The first-order valence-electron chi connectivity index (χ1n) is 9.95. The molecule has 1 aliphatic rings. The monoisotopic (exact) mass is 416 g/mol. The molecule has 1 aliphatic heterocycles. The Morgan fingerprint density at radius 1 is 1.17 bits per heavy atom. The lowest BCUT2D eigenvalue weighted by atomic mass is 9.99. The maximum atomic E-state index is 12.8. The van der Waals surface area contributed by atoms with E-state index in [4.69, 9.17) is 4.74 Å². The van der Waals surface area contributed by atoms with Crippen molar-refractivity contribution in [1.29, 1.82) is 0 Å². The number of nitrogens with zero attached hydrogens (tertiary/aromatic N) is 1. The number of rotatable bonds is 7. The van der Waals surface area contributed by atoms with Crippen molar-refractivity contribution in [3.63, 3.8) is 0 Å². The van der Waals surface area contributed by atoms with Crippen LogP contribution < -0.4 is 10.1 Å². The Balaban J connectivity index is 1.60. The lowest BCUT2D eigenvalue weighted by Crippen LogP contribution is -2.45. The fourth-order valence-corrected chi connectivity index (χ4v) is 5.00. The molecule has 1 amide bonds. The van der Waals surface area contributed by atoms with Crippen molar-refractivity contribution in [3.05, 3.63) is 60.2 Å². The molecule has 6 nitrogen and oxygen atoms in total. The zero-order valence-electron chi connectivity index (χ0n) is 16.9. The highest BCUT2D eigenvalue weighted by atomic mass is 32.2. The largest absolute Gasteiger partial charge is 0.491 e. The van der Waals surface area contributed by atoms with Gasteiger partial charge in [-0.2, -0.15) is 4.31 Å². The number of carbonyl (C=O) groups is 1. The minimum atomic E-state index is -3.58. The molecule has 1 saturated heterocycles. The third-order valence-electron chi connectivity index (χ3n) is 4.87. The summed E-state index contributed by atoms with van der Waals surface area (Å²) in [6.07, 6.45) is 1.44. The van der Waals surface area contributed by atoms with Crippen molar-refractivity contribution in [2.75, 3.05) is 13.1 Å². The second-order valence-corrected chi connectivity index (χ2v) is 9.49. The van der Waals surface area contributed by atoms with Gasteiger partial charge in [-0.1, -0.05) is 30.3 Å². The summed E-state index contributed by atoms with van der Waals surface area (Å²) in [6.45, 7) is 4.96. The van der Waals surface area contributed by atoms with Crippen LogP contribution in [0.1, 0.15) is 32.3 Å². The number of carbonyl (C=O) groups excluding carboxylic acids is 1. The Kier molecular flexibility index (Phi) is 6.92. The molecule has 2 aromatic carbocycles. The fourth-order valence-electron chi connectivity index (χ4n) is 3.45. The Hall–Kier alpha value is -2.38. The number of hydrogen-bond donors (Lipinski definition) is 1. The standard InChI is InChI=1S/C22H28N2O4S/c1-17(2)28-20-10-6-8-18(14-20)15-23-22(25)19-9-7-13-24(16-19)29(26,27)21-11-4-3-5-12-21/h3-6,8,10-12,14,17,19H,7,9,13,15-16H2,1-2H3,(H,23,25)/t19-/m1/s1. The zero-order chi connectivity index (χ0) is 20.9. The molecule has 2 aromatic rings. The molecule has 1 fully saturated rings. The first-order valence-corrected chi connectivity index (χ1v) is 11.4. The molecular weight excluding hydrogens is 388 g/mol. The summed E-state index contributed by atoms with van der Waals surface area (Å²) in [6, 6.07) is 16.0. The number of hydrogen-bond acceptors (Lipinski definition) is 4. The second kappa shape index (κ2) is 9.41. The summed E-state index contributed by atoms with van der Waals surface area (Å²) in [7, 11) is -3.58. The van der Waals surface area contributed by atoms with E-state index in [0.29, 0.717) is 25.9 Å². The van der Waals surface area contributed by atoms with Gasteiger partial charge in [0.25, 0.3) is 0 Å². The highest BCUT2D eigenvalue weighted by Crippen LogP contribution is 2.24. The Labute approximate surface area is 172 Å². The van der Waals surface area contributed by atoms with Gasteiger partial charge in [-0.3, -0.25) is 4.79 Å². The maximum absolute atomic E-state index is 12.8. The van der Waals surface area contributed by atoms with Crippen LogP contribution in [-0.2, 0) is 21.4 Å². The van der Waals surface area contributed by atoms with E-state index in [2.05, 4.69) is 5.32 Å². The van der Waals surface area contributed by atoms with Crippen molar-refractivity contribution in [2.45, 2.75) is 44.2 Å². The van der Waals surface area contributed by atoms with Crippen molar-refractivity contribution in [2.24, 2.45) is 5.92 Å². The lowest BCUT2D eigenvalue weighted by molar-refractivity contribution is -0.126. The maximum Gasteiger partial charge on any atom is 0.243 e. The molecule has 0 unspecified atom stereocenters. The van der Waals surface area contributed by atoms with Gasteiger partial charge in [-0.05, 0) is 56.5 Å². The van der Waals surface area contributed by atoms with Gasteiger partial charge in [-0.15, -0.1) is 0 Å². The predicted octanol–water partition coefficient (Wildman–Crippen LogP) is 3.19. The normalized spacial score (nSPS) is 17.8. The highest BCUT2D eigenvalue weighted by Gasteiger charge is 2.33. The van der Waals surface area contributed by atoms with Crippen LogP contribution in [-0.4, -0.2) is 37.8 Å². The molecule has 1 N–H and O–H groups in total. The van der Waals surface area contributed by atoms with E-state index in [1.165, 1.54) is 4.31 Å². The Bertz CT molecular complexity index is 929. The van der Waals surface area contributed by atoms with Gasteiger partial charge in [0.2, 0.25) is 15.9 Å². The number of nitrogens with one attached hydrogen (secondary N) is 1. The SMILES string of the molecule is CC(C)Oc1cccc(CNC(=O)[C@@H]2CCCN(S(=O)(=O)c3ccccc3)C2)c1. The second-order valence-electron chi connectivity index (χ2n) is 7.55. The van der Waals surface area contributed by atoms with Crippen LogP contribution >= 0.6 is 0 Å². The number of piperidine rings is 1. The molecule has 3 rings (SSSR count). The quantitative estimate of drug-likeness (QED) is 0.752. The number of benzene rings is 2. The predicted molar refractivity (Wildman–Crippen MR) is 112 cm³/mol. The van der Waals surface area contributed by atoms with Gasteiger partial charge in [-0.25, -0.2) is 8.42 Å². The van der Waals surface area contributed by atoms with Gasteiger partial charge < -0.3 is 10.1 Å². The molecule has 7 heteroatoms. The smallest absolute Gasteiger partial charge is 0.243 e. The lowest BCUT2D eigenvalue weighted by Gasteiger charge is -2.31. The van der Waals surface area contributed by atoms with Gasteiger partial charge in [0, 0.05) is 19.6 Å². The van der Waals surface area contributed by atoms with E-state index in [1.807, 2.05) is 38.1 Å². The Morgan fingerprint density at radius 2 is 1.93 bits per heavy atom. The van der Waals surface area contributed by atoms with Gasteiger partial charge >= 0.3 is 0 Å². The molecule has 0 aromatic heterocycles. The summed E-state index contributed by atoms with van der Waals surface area (Å²) in [5.74, 6) is 0.301. The van der Waals surface area contributed by atoms with E-state index in [9.17, 15) is 13.2 Å². The van der Waals surface area contributed by atoms with Crippen molar-refractivity contribution in [3.8, 4) is 5.75 Å². The molecule has 0 radical (unpaired) electrons. The van der Waals surface area contributed by atoms with Crippen LogP contribution in [0.15, 0.2) is 59.5 Å². The minimum Gasteiger partial charge on any atom is -0.491 e. The van der Waals surface area contributed by atoms with Gasteiger partial charge in [0.1, 0.15) is 5.75 Å². The summed E-state index contributed by atoms with van der Waals surface area (Å²) >= 11 is 0. The van der Waals surface area contributed by atoms with Crippen LogP contribution in [0.4, 0.5) is 0 Å². The van der Waals surface area contributed by atoms with Gasteiger partial charge in [0.15, 0.2) is 0 Å². The molecule has 1 heterocycles. The van der Waals surface area contributed by atoms with Crippen LogP contribution in [0.3, 0.4) is 0 Å². The molecule has 0 bridgehead atoms. The third kappa shape index (κ3) is 5.58. The summed E-state index contributed by atoms with van der Waals surface area (Å²) in [4.78, 5) is 12.9. The topological polar surface area (TPSA) is 75.7 Å². The Morgan fingerprint density at radius 3 is 2.66 bits per heavy atom. The molecular formula is C22H28N2O4S. The summed E-state index contributed by atoms with van der Waals surface area (Å²) in [5, 5.41) is 2.94. The number of sulfonamides is 1. The fraction of sp³-hybridized carbons (Fsp3) is 0.409. The number of ether oxygens (including phenoxy) is 1. The van der Waals surface area contributed by atoms with Crippen molar-refractivity contribution >= 4 is 15.9 Å². The van der Waals surface area contributed by atoms with Crippen LogP contribution in [0.2, 0.25) is 0 Å². The third-order valence-corrected chi connectivity index (χ3v) is 6.75. The first-order chi connectivity index (χ1) is 13.9. The van der Waals surface area contributed by atoms with Crippen LogP contribution in [0.5, 0.6) is 5.75 Å². The first kappa shape index (κ1) is 21.3. The highest BCUT2D eigenvalue weighted by molar-refractivity contribution is 7.89. The molecule has 0 saturated carbocycles. The number of amides is 1. The summed E-state index contributed by atoms with van der Waals surface area (Å²) < 4.78 is 32.8. The summed E-state index contributed by atoms with van der Waals surface area (Å²) in [5.41, 5.74) is 0.945. The average molecular weight is 417 g/mol. The minimum absolute atomic E-state index is 0.0830. The van der Waals surface area contributed by atoms with E-state index >= 15 is 0 Å². The van der Waals surface area contributed by atoms with Crippen LogP contribution in [0, 0.1) is 5.92 Å². The molecule has 0 spiro atoms. The zero-order valence-corrected chi connectivity index (χ0v) is 17.7. The van der Waals surface area contributed by atoms with E-state index < -0.39 is 10.0 Å². The van der Waals surface area contributed by atoms with Crippen LogP contribution in [0.25, 0.3) is 0 Å². The molecule has 156 valence electrons. The average Bonchev–Trinajstić information content (AvgIpc) is 2.72. The molecule has 29 heavy (non-hydrogen) atoms. The van der Waals surface area contributed by atoms with Crippen molar-refractivity contribution < 1.29 is 17.9 Å². The van der Waals surface area contributed by atoms with E-state index in [0.717, 1.165) is 11.3 Å². The van der Waals surface area contributed by atoms with Crippen molar-refractivity contribution in [1.82, 2.24) is 9.62 Å². The van der Waals surface area contributed by atoms with E-state index in [1.54, 1.807) is 30.3 Å². The van der Waals surface area contributed by atoms with E-state index in [-0.39, 0.29) is 29.4 Å². The molecule has 0 aliphatic carbocycles. The van der Waals surface area contributed by atoms with Gasteiger partial charge in [0.05, 0.1) is 16.9 Å².